The van der Waals surface area contributed by atoms with E-state index in [1.54, 1.807) is 13.1 Å². The van der Waals surface area contributed by atoms with Crippen molar-refractivity contribution in [2.75, 3.05) is 25.0 Å². The molecule has 0 saturated carbocycles. The molecule has 0 bridgehead atoms. The number of aromatic nitrogens is 3. The van der Waals surface area contributed by atoms with Crippen LogP contribution in [0.3, 0.4) is 0 Å². The normalized spacial score (nSPS) is 19.3. The van der Waals surface area contributed by atoms with E-state index in [-0.39, 0.29) is 29.6 Å². The van der Waals surface area contributed by atoms with Gasteiger partial charge in [-0.05, 0) is 24.3 Å². The predicted molar refractivity (Wildman–Crippen MR) is 114 cm³/mol. The summed E-state index contributed by atoms with van der Waals surface area (Å²) in [5, 5.41) is 2.97. The van der Waals surface area contributed by atoms with E-state index in [2.05, 4.69) is 15.3 Å². The number of ether oxygens (including phenoxy) is 1. The van der Waals surface area contributed by atoms with Gasteiger partial charge in [0.25, 0.3) is 10.0 Å². The lowest BCUT2D eigenvalue weighted by Crippen LogP contribution is -2.32. The zero-order valence-electron chi connectivity index (χ0n) is 17.9. The summed E-state index contributed by atoms with van der Waals surface area (Å²) in [4.78, 5) is 8.04. The summed E-state index contributed by atoms with van der Waals surface area (Å²) in [5.41, 5.74) is 0.478. The van der Waals surface area contributed by atoms with Crippen molar-refractivity contribution in [2.45, 2.75) is 23.2 Å². The summed E-state index contributed by atoms with van der Waals surface area (Å²) in [5.74, 6) is -1.27. The first-order valence-electron chi connectivity index (χ1n) is 10.2. The molecule has 3 aromatic rings. The second kappa shape index (κ2) is 9.22. The van der Waals surface area contributed by atoms with Gasteiger partial charge in [-0.2, -0.15) is 17.5 Å². The summed E-state index contributed by atoms with van der Waals surface area (Å²) in [6, 6.07) is 7.89. The van der Waals surface area contributed by atoms with Crippen molar-refractivity contribution >= 4 is 15.7 Å². The van der Waals surface area contributed by atoms with Gasteiger partial charge in [-0.1, -0.05) is 6.07 Å². The third kappa shape index (κ3) is 5.30. The fraction of sp³-hybridized carbons (Fsp3) is 0.333. The van der Waals surface area contributed by atoms with Crippen molar-refractivity contribution < 1.29 is 30.7 Å². The fourth-order valence-electron chi connectivity index (χ4n) is 3.77. The lowest BCUT2D eigenvalue weighted by atomic mass is 9.98. The van der Waals surface area contributed by atoms with Crippen molar-refractivity contribution in [3.63, 3.8) is 0 Å². The number of alkyl halides is 3. The molecule has 2 unspecified atom stereocenters. The number of pyridine rings is 1. The number of hydrogen-bond donors (Lipinski definition) is 1. The number of rotatable bonds is 7. The highest BCUT2D eigenvalue weighted by molar-refractivity contribution is 7.89. The molecule has 1 aliphatic heterocycles. The molecule has 2 aromatic heterocycles. The first kappa shape index (κ1) is 24.0. The van der Waals surface area contributed by atoms with Gasteiger partial charge in [0, 0.05) is 56.2 Å². The smallest absolute Gasteiger partial charge is 0.422 e. The first-order chi connectivity index (χ1) is 16.0. The summed E-state index contributed by atoms with van der Waals surface area (Å²) in [7, 11) is -2.33. The van der Waals surface area contributed by atoms with E-state index >= 15 is 0 Å². The van der Waals surface area contributed by atoms with Gasteiger partial charge in [-0.25, -0.2) is 17.8 Å². The lowest BCUT2D eigenvalue weighted by molar-refractivity contribution is -0.153. The quantitative estimate of drug-likeness (QED) is 0.503. The van der Waals surface area contributed by atoms with E-state index in [0.717, 1.165) is 0 Å². The largest absolute Gasteiger partial charge is 0.484 e. The van der Waals surface area contributed by atoms with Crippen molar-refractivity contribution in [1.29, 1.82) is 0 Å². The van der Waals surface area contributed by atoms with Crippen LogP contribution in [0.5, 0.6) is 5.75 Å². The molecule has 0 amide bonds. The topological polar surface area (TPSA) is 89.4 Å². The Morgan fingerprint density at radius 2 is 1.97 bits per heavy atom. The van der Waals surface area contributed by atoms with Gasteiger partial charge in [0.05, 0.1) is 12.0 Å². The molecule has 182 valence electrons. The van der Waals surface area contributed by atoms with Crippen LogP contribution in [0.2, 0.25) is 0 Å². The Balaban J connectivity index is 1.61. The molecule has 4 rings (SSSR count). The van der Waals surface area contributed by atoms with Crippen LogP contribution in [0.1, 0.15) is 11.6 Å². The predicted octanol–water partition coefficient (Wildman–Crippen LogP) is 3.16. The number of benzene rings is 1. The molecule has 1 aromatic carbocycles. The number of halogens is 4. The molecule has 0 aliphatic carbocycles. The number of aryl methyl sites for hydroxylation is 1. The van der Waals surface area contributed by atoms with Crippen molar-refractivity contribution in [3.05, 3.63) is 66.6 Å². The van der Waals surface area contributed by atoms with E-state index in [9.17, 15) is 26.0 Å². The second-order valence-electron chi connectivity index (χ2n) is 7.86. The molecule has 3 heterocycles. The van der Waals surface area contributed by atoms with Crippen LogP contribution >= 0.6 is 0 Å². The molecule has 1 aliphatic rings. The Hall–Kier alpha value is -3.19. The molecule has 34 heavy (non-hydrogen) atoms. The summed E-state index contributed by atoms with van der Waals surface area (Å²) >= 11 is 0. The molecular formula is C21H21F4N5O3S. The summed E-state index contributed by atoms with van der Waals surface area (Å²) in [6.07, 6.45) is -0.344. The molecule has 0 spiro atoms. The highest BCUT2D eigenvalue weighted by Gasteiger charge is 2.42. The zero-order chi connectivity index (χ0) is 24.5. The summed E-state index contributed by atoms with van der Waals surface area (Å²) in [6.45, 7) is -1.54. The second-order valence-corrected chi connectivity index (χ2v) is 9.74. The number of hydrogen-bond acceptors (Lipinski definition) is 6. The number of sulfonamides is 1. The molecule has 8 nitrogen and oxygen atoms in total. The molecule has 1 fully saturated rings. The fourth-order valence-corrected chi connectivity index (χ4v) is 5.23. The zero-order valence-corrected chi connectivity index (χ0v) is 18.7. The Kier molecular flexibility index (Phi) is 6.49. The van der Waals surface area contributed by atoms with Crippen molar-refractivity contribution in [2.24, 2.45) is 7.05 Å². The summed E-state index contributed by atoms with van der Waals surface area (Å²) < 4.78 is 85.8. The van der Waals surface area contributed by atoms with Gasteiger partial charge in [0.2, 0.25) is 0 Å². The van der Waals surface area contributed by atoms with Gasteiger partial charge in [0.15, 0.2) is 11.6 Å². The van der Waals surface area contributed by atoms with Crippen LogP contribution in [-0.4, -0.2) is 59.2 Å². The Morgan fingerprint density at radius 3 is 2.65 bits per heavy atom. The molecule has 1 saturated heterocycles. The molecule has 2 atom stereocenters. The van der Waals surface area contributed by atoms with Crippen LogP contribution in [0, 0.1) is 5.82 Å². The Labute approximate surface area is 193 Å². The van der Waals surface area contributed by atoms with E-state index in [0.29, 0.717) is 5.69 Å². The van der Waals surface area contributed by atoms with Crippen LogP contribution < -0.4 is 10.1 Å². The average Bonchev–Trinajstić information content (AvgIpc) is 3.40. The highest BCUT2D eigenvalue weighted by Crippen LogP contribution is 2.34. The minimum Gasteiger partial charge on any atom is -0.484 e. The molecule has 0 radical (unpaired) electrons. The monoisotopic (exact) mass is 499 g/mol. The molecule has 13 heteroatoms. The van der Waals surface area contributed by atoms with E-state index < -0.39 is 40.6 Å². The average molecular weight is 499 g/mol. The number of anilines is 1. The van der Waals surface area contributed by atoms with E-state index in [1.165, 1.54) is 57.9 Å². The van der Waals surface area contributed by atoms with Gasteiger partial charge in [0.1, 0.15) is 11.6 Å². The van der Waals surface area contributed by atoms with Gasteiger partial charge < -0.3 is 14.6 Å². The maximum atomic E-state index is 14.6. The lowest BCUT2D eigenvalue weighted by Gasteiger charge is -2.21. The standard InChI is InChI=1S/C21H21F4N5O3S/c1-29-11-19(27-13-29)34(31,32)30-9-16(20-17(22)6-3-7-26-20)18(10-30)28-14-4-2-5-15(8-14)33-12-21(23,24)25/h2-8,11,13,16,18,28H,9-10,12H2,1H3. The third-order valence-electron chi connectivity index (χ3n) is 5.30. The van der Waals surface area contributed by atoms with Gasteiger partial charge in [-0.15, -0.1) is 0 Å². The first-order valence-corrected chi connectivity index (χ1v) is 11.6. The SMILES string of the molecule is Cn1cnc(S(=O)(=O)N2CC(Nc3cccc(OCC(F)(F)F)c3)C(c3ncccc3F)C2)c1. The van der Waals surface area contributed by atoms with Crippen molar-refractivity contribution in [1.82, 2.24) is 18.8 Å². The highest BCUT2D eigenvalue weighted by atomic mass is 32.2. The molecular weight excluding hydrogens is 478 g/mol. The van der Waals surface area contributed by atoms with Crippen LogP contribution in [0.25, 0.3) is 0 Å². The van der Waals surface area contributed by atoms with E-state index in [4.69, 9.17) is 4.74 Å². The van der Waals surface area contributed by atoms with Gasteiger partial charge in [-0.3, -0.25) is 4.98 Å². The molecule has 1 N–H and O–H groups in total. The van der Waals surface area contributed by atoms with Gasteiger partial charge >= 0.3 is 6.18 Å². The number of imidazole rings is 1. The number of nitrogens with one attached hydrogen (secondary N) is 1. The van der Waals surface area contributed by atoms with E-state index in [1.807, 2.05) is 0 Å². The van der Waals surface area contributed by atoms with Crippen LogP contribution in [-0.2, 0) is 17.1 Å². The maximum absolute atomic E-state index is 14.6. The maximum Gasteiger partial charge on any atom is 0.422 e. The van der Waals surface area contributed by atoms with Crippen molar-refractivity contribution in [3.8, 4) is 5.75 Å². The third-order valence-corrected chi connectivity index (χ3v) is 7.02. The van der Waals surface area contributed by atoms with Crippen LogP contribution in [0.15, 0.2) is 60.1 Å². The minimum atomic E-state index is -4.49. The Bertz CT molecular complexity index is 1270. The van der Waals surface area contributed by atoms with Crippen LogP contribution in [0.4, 0.5) is 23.2 Å². The number of nitrogens with zero attached hydrogens (tertiary/aromatic N) is 4. The minimum absolute atomic E-state index is 0.0150. The Morgan fingerprint density at radius 1 is 1.18 bits per heavy atom.